The van der Waals surface area contributed by atoms with Crippen molar-refractivity contribution in [3.05, 3.63) is 70.1 Å². The Morgan fingerprint density at radius 1 is 1.00 bits per heavy atom. The molecule has 0 bridgehead atoms. The maximum Gasteiger partial charge on any atom is 0.105 e. The van der Waals surface area contributed by atoms with Gasteiger partial charge in [-0.1, -0.05) is 41.9 Å². The Balaban J connectivity index is 2.06. The second-order valence-corrected chi connectivity index (χ2v) is 5.49. The normalized spacial score (nSPS) is 12.8. The van der Waals surface area contributed by atoms with E-state index in [1.807, 2.05) is 35.7 Å². The number of hydrogen-bond donors (Lipinski definition) is 1. The van der Waals surface area contributed by atoms with Crippen molar-refractivity contribution in [3.63, 3.8) is 0 Å². The summed E-state index contributed by atoms with van der Waals surface area (Å²) >= 11 is 7.51. The van der Waals surface area contributed by atoms with Gasteiger partial charge in [0.15, 0.2) is 0 Å². The molecular weight excluding hydrogens is 264 g/mol. The van der Waals surface area contributed by atoms with Crippen LogP contribution in [0.1, 0.15) is 17.2 Å². The van der Waals surface area contributed by atoms with E-state index < -0.39 is 6.10 Å². The molecule has 1 atom stereocenters. The smallest absolute Gasteiger partial charge is 0.105 e. The molecular formula is C15H11ClOS. The predicted octanol–water partition coefficient (Wildman–Crippen LogP) is 4.64. The van der Waals surface area contributed by atoms with E-state index in [0.29, 0.717) is 5.02 Å². The zero-order chi connectivity index (χ0) is 12.5. The number of benzene rings is 2. The summed E-state index contributed by atoms with van der Waals surface area (Å²) in [6, 6.07) is 15.4. The highest BCUT2D eigenvalue weighted by molar-refractivity contribution is 7.17. The second kappa shape index (κ2) is 4.73. The highest BCUT2D eigenvalue weighted by Crippen LogP contribution is 2.33. The quantitative estimate of drug-likeness (QED) is 0.722. The molecule has 0 saturated heterocycles. The van der Waals surface area contributed by atoms with Gasteiger partial charge in [0.25, 0.3) is 0 Å². The Morgan fingerprint density at radius 3 is 2.50 bits per heavy atom. The zero-order valence-electron chi connectivity index (χ0n) is 9.51. The van der Waals surface area contributed by atoms with Crippen molar-refractivity contribution < 1.29 is 5.11 Å². The van der Waals surface area contributed by atoms with E-state index in [2.05, 4.69) is 6.07 Å². The molecule has 2 aromatic carbocycles. The van der Waals surface area contributed by atoms with E-state index in [1.54, 1.807) is 23.5 Å². The first-order chi connectivity index (χ1) is 8.75. The standard InChI is InChI=1S/C15H11ClOS/c16-11-7-5-10(6-8-11)15(17)13-9-18-14-4-2-1-3-12(13)14/h1-9,15,17H. The van der Waals surface area contributed by atoms with Crippen molar-refractivity contribution in [2.24, 2.45) is 0 Å². The van der Waals surface area contributed by atoms with Gasteiger partial charge in [0.2, 0.25) is 0 Å². The largest absolute Gasteiger partial charge is 0.384 e. The number of hydrogen-bond acceptors (Lipinski definition) is 2. The third-order valence-electron chi connectivity index (χ3n) is 2.99. The molecule has 3 heteroatoms. The fraction of sp³-hybridized carbons (Fsp3) is 0.0667. The van der Waals surface area contributed by atoms with Gasteiger partial charge in [-0.3, -0.25) is 0 Å². The number of thiophene rings is 1. The molecule has 0 fully saturated rings. The molecule has 0 aliphatic carbocycles. The molecule has 0 radical (unpaired) electrons. The Morgan fingerprint density at radius 2 is 1.72 bits per heavy atom. The van der Waals surface area contributed by atoms with Gasteiger partial charge in [0.05, 0.1) is 0 Å². The maximum absolute atomic E-state index is 10.4. The first kappa shape index (κ1) is 11.7. The molecule has 18 heavy (non-hydrogen) atoms. The van der Waals surface area contributed by atoms with Gasteiger partial charge in [-0.25, -0.2) is 0 Å². The molecule has 1 nitrogen and oxygen atoms in total. The molecule has 90 valence electrons. The minimum absolute atomic E-state index is 0.599. The van der Waals surface area contributed by atoms with Gasteiger partial charge < -0.3 is 5.11 Å². The second-order valence-electron chi connectivity index (χ2n) is 4.14. The summed E-state index contributed by atoms with van der Waals surface area (Å²) in [4.78, 5) is 0. The third kappa shape index (κ3) is 2.03. The van der Waals surface area contributed by atoms with Crippen molar-refractivity contribution in [1.82, 2.24) is 0 Å². The van der Waals surface area contributed by atoms with Crippen molar-refractivity contribution in [2.75, 3.05) is 0 Å². The summed E-state index contributed by atoms with van der Waals surface area (Å²) < 4.78 is 1.19. The van der Waals surface area contributed by atoms with E-state index in [1.165, 1.54) is 4.70 Å². The molecule has 1 aromatic heterocycles. The van der Waals surface area contributed by atoms with Crippen LogP contribution in [0.5, 0.6) is 0 Å². The van der Waals surface area contributed by atoms with Crippen LogP contribution in [0, 0.1) is 0 Å². The number of aliphatic hydroxyl groups is 1. The number of aliphatic hydroxyl groups excluding tert-OH is 1. The minimum atomic E-state index is -0.599. The maximum atomic E-state index is 10.4. The van der Waals surface area contributed by atoms with Gasteiger partial charge in [-0.05, 0) is 34.5 Å². The van der Waals surface area contributed by atoms with E-state index in [0.717, 1.165) is 16.5 Å². The Kier molecular flexibility index (Phi) is 3.08. The summed E-state index contributed by atoms with van der Waals surface area (Å²) in [7, 11) is 0. The topological polar surface area (TPSA) is 20.2 Å². The zero-order valence-corrected chi connectivity index (χ0v) is 11.1. The summed E-state index contributed by atoms with van der Waals surface area (Å²) in [5.74, 6) is 0. The van der Waals surface area contributed by atoms with Crippen LogP contribution in [0.25, 0.3) is 10.1 Å². The molecule has 0 amide bonds. The Bertz CT molecular complexity index is 672. The van der Waals surface area contributed by atoms with E-state index in [9.17, 15) is 5.11 Å². The van der Waals surface area contributed by atoms with Crippen LogP contribution in [-0.2, 0) is 0 Å². The fourth-order valence-electron chi connectivity index (χ4n) is 2.03. The minimum Gasteiger partial charge on any atom is -0.384 e. The molecule has 0 saturated carbocycles. The predicted molar refractivity (Wildman–Crippen MR) is 77.3 cm³/mol. The van der Waals surface area contributed by atoms with Gasteiger partial charge in [0, 0.05) is 15.3 Å². The summed E-state index contributed by atoms with van der Waals surface area (Å²) in [5, 5.41) is 14.2. The van der Waals surface area contributed by atoms with E-state index >= 15 is 0 Å². The molecule has 0 aliphatic heterocycles. The SMILES string of the molecule is OC(c1ccc(Cl)cc1)c1csc2ccccc12. The number of rotatable bonds is 2. The fourth-order valence-corrected chi connectivity index (χ4v) is 3.14. The van der Waals surface area contributed by atoms with Crippen LogP contribution in [0.15, 0.2) is 53.9 Å². The number of fused-ring (bicyclic) bond motifs is 1. The summed E-state index contributed by atoms with van der Waals surface area (Å²) in [6.45, 7) is 0. The lowest BCUT2D eigenvalue weighted by Gasteiger charge is -2.10. The van der Waals surface area contributed by atoms with Crippen molar-refractivity contribution in [2.45, 2.75) is 6.10 Å². The van der Waals surface area contributed by atoms with Crippen LogP contribution < -0.4 is 0 Å². The molecule has 1 unspecified atom stereocenters. The van der Waals surface area contributed by atoms with E-state index in [4.69, 9.17) is 11.6 Å². The van der Waals surface area contributed by atoms with Crippen LogP contribution >= 0.6 is 22.9 Å². The molecule has 1 N–H and O–H groups in total. The average Bonchev–Trinajstić information content (AvgIpc) is 2.82. The lowest BCUT2D eigenvalue weighted by atomic mass is 10.0. The van der Waals surface area contributed by atoms with Crippen LogP contribution in [0.2, 0.25) is 5.02 Å². The van der Waals surface area contributed by atoms with Crippen LogP contribution in [0.4, 0.5) is 0 Å². The lowest BCUT2D eigenvalue weighted by molar-refractivity contribution is 0.222. The highest BCUT2D eigenvalue weighted by atomic mass is 35.5. The van der Waals surface area contributed by atoms with Crippen molar-refractivity contribution >= 4 is 33.0 Å². The van der Waals surface area contributed by atoms with Gasteiger partial charge in [-0.2, -0.15) is 0 Å². The summed E-state index contributed by atoms with van der Waals surface area (Å²) in [6.07, 6.45) is -0.599. The highest BCUT2D eigenvalue weighted by Gasteiger charge is 2.14. The molecule has 1 heterocycles. The molecule has 0 aliphatic rings. The van der Waals surface area contributed by atoms with Gasteiger partial charge >= 0.3 is 0 Å². The number of halogens is 1. The molecule has 3 aromatic rings. The van der Waals surface area contributed by atoms with Crippen LogP contribution in [0.3, 0.4) is 0 Å². The lowest BCUT2D eigenvalue weighted by Crippen LogP contribution is -1.97. The van der Waals surface area contributed by atoms with Crippen molar-refractivity contribution in [3.8, 4) is 0 Å². The molecule has 3 rings (SSSR count). The molecule has 0 spiro atoms. The van der Waals surface area contributed by atoms with Gasteiger partial charge in [0.1, 0.15) is 6.10 Å². The average molecular weight is 275 g/mol. The Labute approximate surface area is 114 Å². The van der Waals surface area contributed by atoms with Crippen LogP contribution in [-0.4, -0.2) is 5.11 Å². The summed E-state index contributed by atoms with van der Waals surface area (Å²) in [5.41, 5.74) is 1.82. The monoisotopic (exact) mass is 274 g/mol. The Hall–Kier alpha value is -1.35. The van der Waals surface area contributed by atoms with Gasteiger partial charge in [-0.15, -0.1) is 11.3 Å². The van der Waals surface area contributed by atoms with E-state index in [-0.39, 0.29) is 0 Å². The van der Waals surface area contributed by atoms with Crippen molar-refractivity contribution in [1.29, 1.82) is 0 Å². The third-order valence-corrected chi connectivity index (χ3v) is 4.22. The first-order valence-corrected chi connectivity index (χ1v) is 6.91. The first-order valence-electron chi connectivity index (χ1n) is 5.65.